The van der Waals surface area contributed by atoms with Gasteiger partial charge in [0.2, 0.25) is 0 Å². The topological polar surface area (TPSA) is 35.9 Å². The second-order valence-corrected chi connectivity index (χ2v) is 8.60. The minimum absolute atomic E-state index is 0.0709. The molecule has 1 unspecified atom stereocenters. The monoisotopic (exact) mass is 407 g/mol. The van der Waals surface area contributed by atoms with Gasteiger partial charge in [-0.2, -0.15) is 5.10 Å². The van der Waals surface area contributed by atoms with Crippen molar-refractivity contribution in [2.75, 3.05) is 13.6 Å². The van der Waals surface area contributed by atoms with E-state index in [1.54, 1.807) is 12.1 Å². The molecule has 0 saturated heterocycles. The Balaban J connectivity index is 1.59. The normalized spacial score (nSPS) is 19.9. The SMILES string of the molecule is Cc1ccc(C2=NN(C(=O)CN(C)C3CCCCC3)C(c3ccccc3F)C2)cc1. The maximum Gasteiger partial charge on any atom is 0.257 e. The Labute approximate surface area is 178 Å². The molecule has 2 aromatic rings. The average Bonchev–Trinajstić information content (AvgIpc) is 3.20. The van der Waals surface area contributed by atoms with Gasteiger partial charge in [0.15, 0.2) is 0 Å². The van der Waals surface area contributed by atoms with E-state index in [-0.39, 0.29) is 11.7 Å². The van der Waals surface area contributed by atoms with Crippen LogP contribution in [0.25, 0.3) is 0 Å². The van der Waals surface area contributed by atoms with E-state index in [2.05, 4.69) is 4.90 Å². The number of hydrazone groups is 1. The molecule has 4 nitrogen and oxygen atoms in total. The molecule has 1 fully saturated rings. The van der Waals surface area contributed by atoms with E-state index in [4.69, 9.17) is 5.10 Å². The van der Waals surface area contributed by atoms with E-state index in [0.29, 0.717) is 24.6 Å². The van der Waals surface area contributed by atoms with Gasteiger partial charge in [0.1, 0.15) is 5.82 Å². The zero-order chi connectivity index (χ0) is 21.1. The molecule has 158 valence electrons. The van der Waals surface area contributed by atoms with Crippen LogP contribution in [0.4, 0.5) is 4.39 Å². The van der Waals surface area contributed by atoms with Crippen molar-refractivity contribution in [2.45, 2.75) is 57.5 Å². The quantitative estimate of drug-likeness (QED) is 0.693. The van der Waals surface area contributed by atoms with Gasteiger partial charge in [0.25, 0.3) is 5.91 Å². The molecule has 1 saturated carbocycles. The lowest BCUT2D eigenvalue weighted by molar-refractivity contribution is -0.134. The highest BCUT2D eigenvalue weighted by Crippen LogP contribution is 2.34. The van der Waals surface area contributed by atoms with Crippen molar-refractivity contribution >= 4 is 11.6 Å². The van der Waals surface area contributed by atoms with Crippen molar-refractivity contribution in [3.8, 4) is 0 Å². The predicted octanol–water partition coefficient (Wildman–Crippen LogP) is 5.08. The van der Waals surface area contributed by atoms with Gasteiger partial charge >= 0.3 is 0 Å². The molecular formula is C25H30FN3O. The van der Waals surface area contributed by atoms with Crippen LogP contribution >= 0.6 is 0 Å². The van der Waals surface area contributed by atoms with Crippen LogP contribution < -0.4 is 0 Å². The molecule has 0 spiro atoms. The summed E-state index contributed by atoms with van der Waals surface area (Å²) in [6.07, 6.45) is 6.52. The van der Waals surface area contributed by atoms with Gasteiger partial charge in [-0.15, -0.1) is 0 Å². The lowest BCUT2D eigenvalue weighted by Crippen LogP contribution is -2.42. The maximum atomic E-state index is 14.6. The van der Waals surface area contributed by atoms with Crippen LogP contribution in [-0.2, 0) is 4.79 Å². The summed E-state index contributed by atoms with van der Waals surface area (Å²) in [6.45, 7) is 2.35. The Morgan fingerprint density at radius 3 is 2.50 bits per heavy atom. The molecule has 2 aromatic carbocycles. The molecule has 0 aromatic heterocycles. The number of hydrogen-bond donors (Lipinski definition) is 0. The van der Waals surface area contributed by atoms with Crippen molar-refractivity contribution in [1.82, 2.24) is 9.91 Å². The molecule has 1 heterocycles. The maximum absolute atomic E-state index is 14.6. The molecule has 5 heteroatoms. The fourth-order valence-corrected chi connectivity index (χ4v) is 4.59. The smallest absolute Gasteiger partial charge is 0.257 e. The standard InChI is InChI=1S/C25H30FN3O/c1-18-12-14-19(15-13-18)23-16-24(21-10-6-7-11-22(21)26)29(27-23)25(30)17-28(2)20-8-4-3-5-9-20/h6-7,10-15,20,24H,3-5,8-9,16-17H2,1-2H3. The third-order valence-electron chi connectivity index (χ3n) is 6.40. The van der Waals surface area contributed by atoms with Gasteiger partial charge in [-0.25, -0.2) is 9.40 Å². The molecule has 0 bridgehead atoms. The van der Waals surface area contributed by atoms with Gasteiger partial charge in [0, 0.05) is 18.0 Å². The van der Waals surface area contributed by atoms with Crippen molar-refractivity contribution < 1.29 is 9.18 Å². The Bertz CT molecular complexity index is 918. The Hall–Kier alpha value is -2.53. The van der Waals surface area contributed by atoms with Crippen LogP contribution in [0.5, 0.6) is 0 Å². The molecule has 4 rings (SSSR count). The molecule has 0 N–H and O–H groups in total. The molecule has 1 aliphatic heterocycles. The Kier molecular flexibility index (Phi) is 6.28. The first kappa shape index (κ1) is 20.7. The average molecular weight is 408 g/mol. The van der Waals surface area contributed by atoms with E-state index >= 15 is 0 Å². The summed E-state index contributed by atoms with van der Waals surface area (Å²) >= 11 is 0. The number of likely N-dealkylation sites (N-methyl/N-ethyl adjacent to an activating group) is 1. The lowest BCUT2D eigenvalue weighted by Gasteiger charge is -2.32. The summed E-state index contributed by atoms with van der Waals surface area (Å²) in [5.41, 5.74) is 3.51. The minimum atomic E-state index is -0.408. The summed E-state index contributed by atoms with van der Waals surface area (Å²) in [6, 6.07) is 14.9. The second-order valence-electron chi connectivity index (χ2n) is 8.60. The number of nitrogens with zero attached hydrogens (tertiary/aromatic N) is 3. The summed E-state index contributed by atoms with van der Waals surface area (Å²) < 4.78 is 14.6. The Morgan fingerprint density at radius 2 is 1.80 bits per heavy atom. The van der Waals surface area contributed by atoms with E-state index < -0.39 is 6.04 Å². The summed E-state index contributed by atoms with van der Waals surface area (Å²) in [5.74, 6) is -0.361. The number of aryl methyl sites for hydroxylation is 1. The van der Waals surface area contributed by atoms with Crippen LogP contribution in [0, 0.1) is 12.7 Å². The highest BCUT2D eigenvalue weighted by molar-refractivity contribution is 6.03. The fraction of sp³-hybridized carbons (Fsp3) is 0.440. The van der Waals surface area contributed by atoms with Gasteiger partial charge in [-0.05, 0) is 38.4 Å². The summed E-state index contributed by atoms with van der Waals surface area (Å²) in [7, 11) is 2.02. The molecule has 1 aliphatic carbocycles. The number of halogens is 1. The highest BCUT2D eigenvalue weighted by Gasteiger charge is 2.35. The number of carbonyl (C=O) groups is 1. The molecular weight excluding hydrogens is 377 g/mol. The van der Waals surface area contributed by atoms with Crippen LogP contribution in [-0.4, -0.2) is 41.2 Å². The highest BCUT2D eigenvalue weighted by atomic mass is 19.1. The molecule has 1 atom stereocenters. The number of benzene rings is 2. The van der Waals surface area contributed by atoms with E-state index in [1.807, 2.05) is 44.3 Å². The first-order valence-corrected chi connectivity index (χ1v) is 10.9. The first-order chi connectivity index (χ1) is 14.5. The van der Waals surface area contributed by atoms with Gasteiger partial charge < -0.3 is 0 Å². The number of amides is 1. The molecule has 0 radical (unpaired) electrons. The van der Waals surface area contributed by atoms with Gasteiger partial charge in [0.05, 0.1) is 18.3 Å². The van der Waals surface area contributed by atoms with E-state index in [0.717, 1.165) is 24.1 Å². The van der Waals surface area contributed by atoms with Crippen LogP contribution in [0.15, 0.2) is 53.6 Å². The number of carbonyl (C=O) groups excluding carboxylic acids is 1. The van der Waals surface area contributed by atoms with E-state index in [9.17, 15) is 9.18 Å². The summed E-state index contributed by atoms with van der Waals surface area (Å²) in [4.78, 5) is 15.4. The zero-order valence-electron chi connectivity index (χ0n) is 17.9. The lowest BCUT2D eigenvalue weighted by atomic mass is 9.94. The first-order valence-electron chi connectivity index (χ1n) is 10.9. The zero-order valence-corrected chi connectivity index (χ0v) is 17.9. The third-order valence-corrected chi connectivity index (χ3v) is 6.40. The van der Waals surface area contributed by atoms with Crippen molar-refractivity contribution in [2.24, 2.45) is 5.10 Å². The van der Waals surface area contributed by atoms with E-state index in [1.165, 1.54) is 35.9 Å². The summed E-state index contributed by atoms with van der Waals surface area (Å²) in [5, 5.41) is 6.21. The number of hydrogen-bond acceptors (Lipinski definition) is 3. The van der Waals surface area contributed by atoms with Crippen LogP contribution in [0.2, 0.25) is 0 Å². The van der Waals surface area contributed by atoms with Crippen molar-refractivity contribution in [1.29, 1.82) is 0 Å². The van der Waals surface area contributed by atoms with Crippen molar-refractivity contribution in [3.63, 3.8) is 0 Å². The Morgan fingerprint density at radius 1 is 1.10 bits per heavy atom. The molecule has 1 amide bonds. The van der Waals surface area contributed by atoms with Crippen molar-refractivity contribution in [3.05, 3.63) is 71.0 Å². The second kappa shape index (κ2) is 9.09. The fourth-order valence-electron chi connectivity index (χ4n) is 4.59. The van der Waals surface area contributed by atoms with Gasteiger partial charge in [-0.3, -0.25) is 9.69 Å². The molecule has 2 aliphatic rings. The van der Waals surface area contributed by atoms with Crippen LogP contribution in [0.1, 0.15) is 61.3 Å². The molecule has 30 heavy (non-hydrogen) atoms. The van der Waals surface area contributed by atoms with Gasteiger partial charge in [-0.1, -0.05) is 67.3 Å². The predicted molar refractivity (Wildman–Crippen MR) is 118 cm³/mol. The number of rotatable bonds is 5. The minimum Gasteiger partial charge on any atom is -0.295 e. The van der Waals surface area contributed by atoms with Crippen LogP contribution in [0.3, 0.4) is 0 Å². The largest absolute Gasteiger partial charge is 0.295 e. The third kappa shape index (κ3) is 4.46.